The van der Waals surface area contributed by atoms with E-state index in [1.54, 1.807) is 30.2 Å². The molecule has 6 nitrogen and oxygen atoms in total. The summed E-state index contributed by atoms with van der Waals surface area (Å²) in [6.07, 6.45) is 0.155. The fourth-order valence-corrected chi connectivity index (χ4v) is 2.27. The number of nitrogens with zero attached hydrogens (tertiary/aromatic N) is 1. The van der Waals surface area contributed by atoms with Gasteiger partial charge in [0.2, 0.25) is 5.91 Å². The standard InChI is InChI=1S/C14H17NO5/c1-18-10-4-5-11(12(7-10)19-2)15-8-9(6-13(15)16)14(17)20-3/h4-5,7,9H,6,8H2,1-3H3/t9-/m0/s1. The summed E-state index contributed by atoms with van der Waals surface area (Å²) in [6.45, 7) is 0.300. The normalized spacial score (nSPS) is 18.1. The van der Waals surface area contributed by atoms with Gasteiger partial charge in [-0.05, 0) is 12.1 Å². The van der Waals surface area contributed by atoms with E-state index in [-0.39, 0.29) is 18.3 Å². The third-order valence-electron chi connectivity index (χ3n) is 3.34. The molecule has 6 heteroatoms. The van der Waals surface area contributed by atoms with Gasteiger partial charge in [0.1, 0.15) is 11.5 Å². The molecule has 1 atom stereocenters. The molecule has 108 valence electrons. The van der Waals surface area contributed by atoms with Crippen molar-refractivity contribution in [1.29, 1.82) is 0 Å². The van der Waals surface area contributed by atoms with E-state index in [9.17, 15) is 9.59 Å². The van der Waals surface area contributed by atoms with Crippen molar-refractivity contribution in [1.82, 2.24) is 0 Å². The summed E-state index contributed by atoms with van der Waals surface area (Å²) >= 11 is 0. The van der Waals surface area contributed by atoms with Crippen LogP contribution in [-0.4, -0.2) is 39.8 Å². The minimum absolute atomic E-state index is 0.121. The van der Waals surface area contributed by atoms with Gasteiger partial charge in [0.05, 0.1) is 32.9 Å². The molecule has 0 aliphatic carbocycles. The van der Waals surface area contributed by atoms with Gasteiger partial charge < -0.3 is 19.1 Å². The third-order valence-corrected chi connectivity index (χ3v) is 3.34. The molecule has 1 amide bonds. The van der Waals surface area contributed by atoms with Gasteiger partial charge in [0.15, 0.2) is 0 Å². The van der Waals surface area contributed by atoms with Gasteiger partial charge in [0.25, 0.3) is 0 Å². The summed E-state index contributed by atoms with van der Waals surface area (Å²) in [5.74, 6) is 0.251. The minimum atomic E-state index is -0.431. The lowest BCUT2D eigenvalue weighted by atomic mass is 10.1. The lowest BCUT2D eigenvalue weighted by molar-refractivity contribution is -0.145. The maximum atomic E-state index is 12.1. The number of anilines is 1. The van der Waals surface area contributed by atoms with Crippen molar-refractivity contribution in [2.45, 2.75) is 6.42 Å². The largest absolute Gasteiger partial charge is 0.497 e. The van der Waals surface area contributed by atoms with E-state index in [1.807, 2.05) is 0 Å². The van der Waals surface area contributed by atoms with E-state index in [0.29, 0.717) is 23.7 Å². The van der Waals surface area contributed by atoms with Crippen LogP contribution < -0.4 is 14.4 Å². The zero-order chi connectivity index (χ0) is 14.7. The molecule has 1 fully saturated rings. The Morgan fingerprint density at radius 1 is 1.25 bits per heavy atom. The Hall–Kier alpha value is -2.24. The first-order valence-corrected chi connectivity index (χ1v) is 6.21. The lowest BCUT2D eigenvalue weighted by Crippen LogP contribution is -2.26. The summed E-state index contributed by atoms with van der Waals surface area (Å²) in [6, 6.07) is 5.19. The van der Waals surface area contributed by atoms with Gasteiger partial charge in [-0.25, -0.2) is 0 Å². The molecule has 1 aromatic carbocycles. The number of carbonyl (C=O) groups excluding carboxylic acids is 2. The van der Waals surface area contributed by atoms with Gasteiger partial charge in [-0.2, -0.15) is 0 Å². The minimum Gasteiger partial charge on any atom is -0.497 e. The second-order valence-electron chi connectivity index (χ2n) is 4.47. The first kappa shape index (κ1) is 14.2. The second-order valence-corrected chi connectivity index (χ2v) is 4.47. The molecule has 20 heavy (non-hydrogen) atoms. The third kappa shape index (κ3) is 2.54. The number of carbonyl (C=O) groups is 2. The number of methoxy groups -OCH3 is 3. The topological polar surface area (TPSA) is 65.1 Å². The molecule has 0 bridgehead atoms. The van der Waals surface area contributed by atoms with E-state index in [2.05, 4.69) is 0 Å². The Bertz CT molecular complexity index is 528. The quantitative estimate of drug-likeness (QED) is 0.776. The molecule has 1 aliphatic rings. The highest BCUT2D eigenvalue weighted by Crippen LogP contribution is 2.35. The van der Waals surface area contributed by atoms with Gasteiger partial charge in [-0.3, -0.25) is 9.59 Å². The van der Waals surface area contributed by atoms with Crippen molar-refractivity contribution in [3.05, 3.63) is 18.2 Å². The molecule has 0 radical (unpaired) electrons. The lowest BCUT2D eigenvalue weighted by Gasteiger charge is -2.19. The van der Waals surface area contributed by atoms with Gasteiger partial charge >= 0.3 is 5.97 Å². The van der Waals surface area contributed by atoms with E-state index in [1.165, 1.54) is 14.2 Å². The molecule has 0 saturated carbocycles. The molecular weight excluding hydrogens is 262 g/mol. The van der Waals surface area contributed by atoms with Crippen LogP contribution in [0.5, 0.6) is 11.5 Å². The van der Waals surface area contributed by atoms with Crippen LogP contribution in [0.25, 0.3) is 0 Å². The van der Waals surface area contributed by atoms with Crippen LogP contribution in [0.1, 0.15) is 6.42 Å². The fourth-order valence-electron chi connectivity index (χ4n) is 2.27. The van der Waals surface area contributed by atoms with Gasteiger partial charge in [-0.1, -0.05) is 0 Å². The Morgan fingerprint density at radius 3 is 2.60 bits per heavy atom. The maximum Gasteiger partial charge on any atom is 0.311 e. The Labute approximate surface area is 117 Å². The molecular formula is C14H17NO5. The highest BCUT2D eigenvalue weighted by atomic mass is 16.5. The van der Waals surface area contributed by atoms with Crippen LogP contribution in [0, 0.1) is 5.92 Å². The van der Waals surface area contributed by atoms with Crippen LogP contribution in [0.3, 0.4) is 0 Å². The van der Waals surface area contributed by atoms with E-state index in [0.717, 1.165) is 0 Å². The number of benzene rings is 1. The van der Waals surface area contributed by atoms with Gasteiger partial charge in [-0.15, -0.1) is 0 Å². The molecule has 1 aliphatic heterocycles. The second kappa shape index (κ2) is 5.81. The number of amides is 1. The average Bonchev–Trinajstić information content (AvgIpc) is 2.87. The molecule has 0 unspecified atom stereocenters. The van der Waals surface area contributed by atoms with E-state index < -0.39 is 5.92 Å². The monoisotopic (exact) mass is 279 g/mol. The maximum absolute atomic E-state index is 12.1. The number of ether oxygens (including phenoxy) is 3. The predicted molar refractivity (Wildman–Crippen MR) is 72.0 cm³/mol. The average molecular weight is 279 g/mol. The molecule has 0 spiro atoms. The number of hydrogen-bond acceptors (Lipinski definition) is 5. The molecule has 0 aromatic heterocycles. The smallest absolute Gasteiger partial charge is 0.311 e. The van der Waals surface area contributed by atoms with Crippen LogP contribution in [0.2, 0.25) is 0 Å². The molecule has 1 aromatic rings. The number of rotatable bonds is 4. The summed E-state index contributed by atoms with van der Waals surface area (Å²) in [5, 5.41) is 0. The first-order chi connectivity index (χ1) is 9.60. The zero-order valence-electron chi connectivity index (χ0n) is 11.7. The summed E-state index contributed by atoms with van der Waals surface area (Å²) in [5.41, 5.74) is 0.629. The van der Waals surface area contributed by atoms with E-state index >= 15 is 0 Å². The summed E-state index contributed by atoms with van der Waals surface area (Å²) in [4.78, 5) is 25.1. The van der Waals surface area contributed by atoms with Crippen LogP contribution in [0.4, 0.5) is 5.69 Å². The van der Waals surface area contributed by atoms with Crippen molar-refractivity contribution < 1.29 is 23.8 Å². The van der Waals surface area contributed by atoms with Crippen molar-refractivity contribution in [3.63, 3.8) is 0 Å². The van der Waals surface area contributed by atoms with Crippen molar-refractivity contribution >= 4 is 17.6 Å². The SMILES string of the molecule is COC(=O)[C@H]1CC(=O)N(c2ccc(OC)cc2OC)C1. The summed E-state index contributed by atoms with van der Waals surface area (Å²) < 4.78 is 15.1. The van der Waals surface area contributed by atoms with Gasteiger partial charge in [0, 0.05) is 19.0 Å². The van der Waals surface area contributed by atoms with Crippen molar-refractivity contribution in [3.8, 4) is 11.5 Å². The highest BCUT2D eigenvalue weighted by Gasteiger charge is 2.36. The number of esters is 1. The highest BCUT2D eigenvalue weighted by molar-refractivity contribution is 6.00. The predicted octanol–water partition coefficient (Wildman–Crippen LogP) is 1.23. The first-order valence-electron chi connectivity index (χ1n) is 6.21. The number of hydrogen-bond donors (Lipinski definition) is 0. The molecule has 1 saturated heterocycles. The molecule has 1 heterocycles. The Balaban J connectivity index is 2.28. The molecule has 0 N–H and O–H groups in total. The zero-order valence-corrected chi connectivity index (χ0v) is 11.7. The Kier molecular flexibility index (Phi) is 4.12. The molecule has 2 rings (SSSR count). The fraction of sp³-hybridized carbons (Fsp3) is 0.429. The van der Waals surface area contributed by atoms with E-state index in [4.69, 9.17) is 14.2 Å². The Morgan fingerprint density at radius 2 is 2.00 bits per heavy atom. The van der Waals surface area contributed by atoms with Crippen molar-refractivity contribution in [2.24, 2.45) is 5.92 Å². The van der Waals surface area contributed by atoms with Crippen molar-refractivity contribution in [2.75, 3.05) is 32.8 Å². The van der Waals surface area contributed by atoms with Crippen LogP contribution in [-0.2, 0) is 14.3 Å². The van der Waals surface area contributed by atoms with Crippen LogP contribution >= 0.6 is 0 Å². The van der Waals surface area contributed by atoms with Crippen LogP contribution in [0.15, 0.2) is 18.2 Å². The summed E-state index contributed by atoms with van der Waals surface area (Å²) in [7, 11) is 4.41.